The van der Waals surface area contributed by atoms with Gasteiger partial charge in [0.1, 0.15) is 18.2 Å². The molecular weight excluding hydrogens is 195 g/mol. The van der Waals surface area contributed by atoms with Gasteiger partial charge in [-0.05, 0) is 25.1 Å². The quantitative estimate of drug-likeness (QED) is 0.818. The average Bonchev–Trinajstić information content (AvgIpc) is 2.02. The molecule has 1 atom stereocenters. The first-order valence-corrected chi connectivity index (χ1v) is 4.23. The summed E-state index contributed by atoms with van der Waals surface area (Å²) in [6.07, 6.45) is -0.568. The van der Waals surface area contributed by atoms with Crippen LogP contribution in [0.3, 0.4) is 0 Å². The lowest BCUT2D eigenvalue weighted by atomic mass is 10.3. The second kappa shape index (κ2) is 4.44. The van der Waals surface area contributed by atoms with E-state index in [0.29, 0.717) is 5.75 Å². The highest BCUT2D eigenvalue weighted by Gasteiger charge is 2.04. The van der Waals surface area contributed by atoms with Crippen molar-refractivity contribution >= 4 is 11.6 Å². The monoisotopic (exact) mass is 204 g/mol. The molecule has 0 heterocycles. The third-order valence-corrected chi connectivity index (χ3v) is 1.67. The Morgan fingerprint density at radius 2 is 2.31 bits per heavy atom. The minimum atomic E-state index is -0.568. The molecule has 0 amide bonds. The van der Waals surface area contributed by atoms with Crippen LogP contribution in [0.4, 0.5) is 4.39 Å². The highest BCUT2D eigenvalue weighted by molar-refractivity contribution is 6.32. The van der Waals surface area contributed by atoms with E-state index in [9.17, 15) is 4.39 Å². The van der Waals surface area contributed by atoms with Crippen molar-refractivity contribution < 1.29 is 14.2 Å². The summed E-state index contributed by atoms with van der Waals surface area (Å²) in [5.74, 6) is -0.0293. The lowest BCUT2D eigenvalue weighted by molar-refractivity contribution is 0.123. The van der Waals surface area contributed by atoms with Crippen LogP contribution in [0, 0.1) is 5.82 Å². The molecule has 1 N–H and O–H groups in total. The van der Waals surface area contributed by atoms with Crippen molar-refractivity contribution in [3.63, 3.8) is 0 Å². The molecule has 0 saturated heterocycles. The van der Waals surface area contributed by atoms with Gasteiger partial charge >= 0.3 is 0 Å². The van der Waals surface area contributed by atoms with Crippen LogP contribution in [-0.4, -0.2) is 17.8 Å². The predicted molar refractivity (Wildman–Crippen MR) is 48.6 cm³/mol. The van der Waals surface area contributed by atoms with E-state index in [1.807, 2.05) is 0 Å². The third-order valence-electron chi connectivity index (χ3n) is 1.37. The van der Waals surface area contributed by atoms with Gasteiger partial charge in [0.25, 0.3) is 0 Å². The van der Waals surface area contributed by atoms with Gasteiger partial charge in [-0.1, -0.05) is 11.6 Å². The molecule has 1 rings (SSSR count). The molecule has 0 spiro atoms. The Balaban J connectivity index is 2.67. The molecule has 1 aromatic rings. The van der Waals surface area contributed by atoms with E-state index in [1.54, 1.807) is 6.92 Å². The SMILES string of the molecule is C[C@H](O)COc1ccc(F)cc1Cl. The fourth-order valence-electron chi connectivity index (χ4n) is 0.803. The zero-order valence-corrected chi connectivity index (χ0v) is 7.88. The molecule has 2 nitrogen and oxygen atoms in total. The van der Waals surface area contributed by atoms with Gasteiger partial charge in [0.2, 0.25) is 0 Å². The van der Waals surface area contributed by atoms with Gasteiger partial charge in [-0.2, -0.15) is 0 Å². The molecule has 0 unspecified atom stereocenters. The van der Waals surface area contributed by atoms with E-state index in [0.717, 1.165) is 0 Å². The Hall–Kier alpha value is -0.800. The second-order valence-corrected chi connectivity index (χ2v) is 3.14. The van der Waals surface area contributed by atoms with Gasteiger partial charge in [-0.3, -0.25) is 0 Å². The second-order valence-electron chi connectivity index (χ2n) is 2.73. The van der Waals surface area contributed by atoms with E-state index in [-0.39, 0.29) is 11.6 Å². The Labute approximate surface area is 80.9 Å². The summed E-state index contributed by atoms with van der Waals surface area (Å²) in [5.41, 5.74) is 0. The van der Waals surface area contributed by atoms with Crippen LogP contribution in [0.5, 0.6) is 5.75 Å². The first kappa shape index (κ1) is 10.3. The van der Waals surface area contributed by atoms with Gasteiger partial charge in [-0.15, -0.1) is 0 Å². The summed E-state index contributed by atoms with van der Waals surface area (Å²) >= 11 is 5.67. The largest absolute Gasteiger partial charge is 0.489 e. The number of rotatable bonds is 3. The van der Waals surface area contributed by atoms with E-state index >= 15 is 0 Å². The van der Waals surface area contributed by atoms with Crippen molar-refractivity contribution in [3.8, 4) is 5.75 Å². The number of ether oxygens (including phenoxy) is 1. The molecular formula is C9H10ClFO2. The van der Waals surface area contributed by atoms with Crippen LogP contribution < -0.4 is 4.74 Å². The van der Waals surface area contributed by atoms with E-state index < -0.39 is 11.9 Å². The lowest BCUT2D eigenvalue weighted by Gasteiger charge is -2.09. The molecule has 0 aliphatic heterocycles. The number of benzene rings is 1. The van der Waals surface area contributed by atoms with Gasteiger partial charge in [0, 0.05) is 0 Å². The lowest BCUT2D eigenvalue weighted by Crippen LogP contribution is -2.12. The molecule has 4 heteroatoms. The van der Waals surface area contributed by atoms with Crippen molar-refractivity contribution in [2.75, 3.05) is 6.61 Å². The van der Waals surface area contributed by atoms with Gasteiger partial charge in [0.05, 0.1) is 11.1 Å². The zero-order chi connectivity index (χ0) is 9.84. The highest BCUT2D eigenvalue weighted by atomic mass is 35.5. The highest BCUT2D eigenvalue weighted by Crippen LogP contribution is 2.24. The third kappa shape index (κ3) is 3.20. The van der Waals surface area contributed by atoms with Gasteiger partial charge in [-0.25, -0.2) is 4.39 Å². The van der Waals surface area contributed by atoms with Crippen LogP contribution in [0.25, 0.3) is 0 Å². The van der Waals surface area contributed by atoms with Crippen LogP contribution in [0.2, 0.25) is 5.02 Å². The maximum Gasteiger partial charge on any atom is 0.138 e. The topological polar surface area (TPSA) is 29.5 Å². The van der Waals surface area contributed by atoms with Crippen molar-refractivity contribution in [1.29, 1.82) is 0 Å². The van der Waals surface area contributed by atoms with Gasteiger partial charge in [0.15, 0.2) is 0 Å². The fraction of sp³-hybridized carbons (Fsp3) is 0.333. The normalized spacial score (nSPS) is 12.6. The summed E-state index contributed by atoms with van der Waals surface area (Å²) in [6, 6.07) is 3.85. The van der Waals surface area contributed by atoms with Crippen molar-refractivity contribution in [1.82, 2.24) is 0 Å². The summed E-state index contributed by atoms with van der Waals surface area (Å²) in [6.45, 7) is 1.74. The summed E-state index contributed by atoms with van der Waals surface area (Å²) in [7, 11) is 0. The standard InChI is InChI=1S/C9H10ClFO2/c1-6(12)5-13-9-3-2-7(11)4-8(9)10/h2-4,6,12H,5H2,1H3/t6-/m0/s1. The Bertz CT molecular complexity index is 289. The molecule has 0 bridgehead atoms. The maximum atomic E-state index is 12.6. The minimum Gasteiger partial charge on any atom is -0.489 e. The molecule has 13 heavy (non-hydrogen) atoms. The Morgan fingerprint density at radius 1 is 1.62 bits per heavy atom. The smallest absolute Gasteiger partial charge is 0.138 e. The fourth-order valence-corrected chi connectivity index (χ4v) is 1.02. The molecule has 0 aliphatic rings. The van der Waals surface area contributed by atoms with E-state index in [1.165, 1.54) is 18.2 Å². The first-order chi connectivity index (χ1) is 6.09. The van der Waals surface area contributed by atoms with Crippen molar-refractivity contribution in [2.24, 2.45) is 0 Å². The van der Waals surface area contributed by atoms with E-state index in [2.05, 4.69) is 0 Å². The summed E-state index contributed by atoms with van der Waals surface area (Å²) in [5, 5.41) is 9.13. The molecule has 72 valence electrons. The maximum absolute atomic E-state index is 12.6. The summed E-state index contributed by atoms with van der Waals surface area (Å²) in [4.78, 5) is 0. The number of hydrogen-bond acceptors (Lipinski definition) is 2. The first-order valence-electron chi connectivity index (χ1n) is 3.85. The molecule has 0 aliphatic carbocycles. The van der Waals surface area contributed by atoms with Crippen LogP contribution in [-0.2, 0) is 0 Å². The van der Waals surface area contributed by atoms with Crippen LogP contribution in [0.1, 0.15) is 6.92 Å². The molecule has 0 radical (unpaired) electrons. The number of aliphatic hydroxyl groups excluding tert-OH is 1. The van der Waals surface area contributed by atoms with Crippen molar-refractivity contribution in [2.45, 2.75) is 13.0 Å². The zero-order valence-electron chi connectivity index (χ0n) is 7.13. The molecule has 0 saturated carbocycles. The molecule has 1 aromatic carbocycles. The van der Waals surface area contributed by atoms with Crippen LogP contribution >= 0.6 is 11.6 Å². The average molecular weight is 205 g/mol. The Morgan fingerprint density at radius 3 is 2.85 bits per heavy atom. The molecule has 0 aromatic heterocycles. The van der Waals surface area contributed by atoms with Crippen molar-refractivity contribution in [3.05, 3.63) is 29.0 Å². The minimum absolute atomic E-state index is 0.144. The number of halogens is 2. The number of aliphatic hydroxyl groups is 1. The van der Waals surface area contributed by atoms with E-state index in [4.69, 9.17) is 21.4 Å². The van der Waals surface area contributed by atoms with Crippen LogP contribution in [0.15, 0.2) is 18.2 Å². The van der Waals surface area contributed by atoms with Gasteiger partial charge < -0.3 is 9.84 Å². The predicted octanol–water partition coefficient (Wildman–Crippen LogP) is 2.24. The Kier molecular flexibility index (Phi) is 3.51. The number of hydrogen-bond donors (Lipinski definition) is 1. The summed E-state index contributed by atoms with van der Waals surface area (Å²) < 4.78 is 17.7. The molecule has 0 fully saturated rings.